The Bertz CT molecular complexity index is 396. The molecule has 0 bridgehead atoms. The lowest BCUT2D eigenvalue weighted by molar-refractivity contribution is 0.0833. The van der Waals surface area contributed by atoms with Gasteiger partial charge in [-0.05, 0) is 18.6 Å². The standard InChI is InChI=1S/C13H15NO/c1-4-13(2,3)12(15)11-7-5-10(9-14)6-8-11/h5-8H,4H2,1-3H3. The molecule has 0 aliphatic carbocycles. The second kappa shape index (κ2) is 4.27. The van der Waals surface area contributed by atoms with Gasteiger partial charge in [0.05, 0.1) is 11.6 Å². The quantitative estimate of drug-likeness (QED) is 0.705. The Morgan fingerprint density at radius 1 is 1.33 bits per heavy atom. The van der Waals surface area contributed by atoms with Crippen molar-refractivity contribution in [3.05, 3.63) is 35.4 Å². The third kappa shape index (κ3) is 2.44. The number of carbonyl (C=O) groups is 1. The molecule has 2 heteroatoms. The van der Waals surface area contributed by atoms with Gasteiger partial charge in [-0.3, -0.25) is 4.79 Å². The summed E-state index contributed by atoms with van der Waals surface area (Å²) in [5.74, 6) is 0.134. The van der Waals surface area contributed by atoms with Crippen molar-refractivity contribution in [2.75, 3.05) is 0 Å². The van der Waals surface area contributed by atoms with Crippen LogP contribution in [-0.2, 0) is 0 Å². The van der Waals surface area contributed by atoms with Gasteiger partial charge >= 0.3 is 0 Å². The Morgan fingerprint density at radius 2 is 1.87 bits per heavy atom. The SMILES string of the molecule is CCC(C)(C)C(=O)c1ccc(C#N)cc1. The molecular formula is C13H15NO. The molecule has 0 aliphatic rings. The normalized spacial score (nSPS) is 10.8. The molecule has 78 valence electrons. The molecule has 0 aliphatic heterocycles. The molecule has 0 radical (unpaired) electrons. The van der Waals surface area contributed by atoms with Crippen LogP contribution in [0.2, 0.25) is 0 Å². The van der Waals surface area contributed by atoms with Gasteiger partial charge in [0.15, 0.2) is 5.78 Å². The Morgan fingerprint density at radius 3 is 2.27 bits per heavy atom. The summed E-state index contributed by atoms with van der Waals surface area (Å²) in [5, 5.41) is 8.64. The van der Waals surface area contributed by atoms with Crippen LogP contribution < -0.4 is 0 Å². The Hall–Kier alpha value is -1.62. The summed E-state index contributed by atoms with van der Waals surface area (Å²) in [6.07, 6.45) is 0.811. The van der Waals surface area contributed by atoms with Gasteiger partial charge in [-0.2, -0.15) is 5.26 Å². The van der Waals surface area contributed by atoms with Gasteiger partial charge in [-0.1, -0.05) is 32.9 Å². The number of hydrogen-bond acceptors (Lipinski definition) is 2. The van der Waals surface area contributed by atoms with E-state index in [-0.39, 0.29) is 11.2 Å². The van der Waals surface area contributed by atoms with E-state index in [2.05, 4.69) is 0 Å². The molecule has 0 N–H and O–H groups in total. The van der Waals surface area contributed by atoms with E-state index in [4.69, 9.17) is 5.26 Å². The molecule has 1 aromatic rings. The van der Waals surface area contributed by atoms with Crippen molar-refractivity contribution in [2.45, 2.75) is 27.2 Å². The molecule has 0 saturated heterocycles. The number of ketones is 1. The Labute approximate surface area is 90.5 Å². The van der Waals surface area contributed by atoms with Gasteiger partial charge in [0.25, 0.3) is 0 Å². The zero-order valence-corrected chi connectivity index (χ0v) is 9.37. The molecule has 1 rings (SSSR count). The van der Waals surface area contributed by atoms with Gasteiger partial charge < -0.3 is 0 Å². The van der Waals surface area contributed by atoms with Crippen LogP contribution in [0.4, 0.5) is 0 Å². The number of rotatable bonds is 3. The first-order valence-corrected chi connectivity index (χ1v) is 5.06. The summed E-state index contributed by atoms with van der Waals surface area (Å²) in [6.45, 7) is 5.88. The van der Waals surface area contributed by atoms with E-state index in [9.17, 15) is 4.79 Å². The molecule has 15 heavy (non-hydrogen) atoms. The van der Waals surface area contributed by atoms with Crippen LogP contribution in [0, 0.1) is 16.7 Å². The molecule has 0 amide bonds. The predicted octanol–water partition coefficient (Wildman–Crippen LogP) is 3.18. The summed E-state index contributed by atoms with van der Waals surface area (Å²) in [4.78, 5) is 12.0. The number of Topliss-reactive ketones (excluding diaryl/α,β-unsaturated/α-hetero) is 1. The largest absolute Gasteiger partial charge is 0.294 e. The van der Waals surface area contributed by atoms with E-state index in [1.54, 1.807) is 24.3 Å². The van der Waals surface area contributed by atoms with Gasteiger partial charge in [0.1, 0.15) is 0 Å². The van der Waals surface area contributed by atoms with Crippen molar-refractivity contribution in [1.82, 2.24) is 0 Å². The first-order valence-electron chi connectivity index (χ1n) is 5.06. The maximum Gasteiger partial charge on any atom is 0.168 e. The topological polar surface area (TPSA) is 40.9 Å². The van der Waals surface area contributed by atoms with E-state index >= 15 is 0 Å². The van der Waals surface area contributed by atoms with Crippen molar-refractivity contribution in [2.24, 2.45) is 5.41 Å². The number of nitrogens with zero attached hydrogens (tertiary/aromatic N) is 1. The van der Waals surface area contributed by atoms with Crippen molar-refractivity contribution in [3.63, 3.8) is 0 Å². The fourth-order valence-electron chi connectivity index (χ4n) is 1.25. The first kappa shape index (κ1) is 11.5. The number of benzene rings is 1. The van der Waals surface area contributed by atoms with Gasteiger partial charge in [-0.15, -0.1) is 0 Å². The third-order valence-corrected chi connectivity index (χ3v) is 2.77. The lowest BCUT2D eigenvalue weighted by atomic mass is 9.82. The minimum absolute atomic E-state index is 0.134. The fourth-order valence-corrected chi connectivity index (χ4v) is 1.25. The monoisotopic (exact) mass is 201 g/mol. The van der Waals surface area contributed by atoms with Crippen LogP contribution in [0.15, 0.2) is 24.3 Å². The maximum absolute atomic E-state index is 12.0. The molecule has 0 atom stereocenters. The van der Waals surface area contributed by atoms with Gasteiger partial charge in [0.2, 0.25) is 0 Å². The van der Waals surface area contributed by atoms with Crippen molar-refractivity contribution in [1.29, 1.82) is 5.26 Å². The molecule has 0 spiro atoms. The van der Waals surface area contributed by atoms with Crippen molar-refractivity contribution < 1.29 is 4.79 Å². The zero-order valence-electron chi connectivity index (χ0n) is 9.37. The Balaban J connectivity index is 2.99. The van der Waals surface area contributed by atoms with Crippen molar-refractivity contribution >= 4 is 5.78 Å². The van der Waals surface area contributed by atoms with Crippen LogP contribution in [-0.4, -0.2) is 5.78 Å². The molecular weight excluding hydrogens is 186 g/mol. The van der Waals surface area contributed by atoms with Gasteiger partial charge in [0, 0.05) is 11.0 Å². The second-order valence-corrected chi connectivity index (χ2v) is 4.26. The van der Waals surface area contributed by atoms with E-state index < -0.39 is 0 Å². The van der Waals surface area contributed by atoms with Gasteiger partial charge in [-0.25, -0.2) is 0 Å². The fraction of sp³-hybridized carbons (Fsp3) is 0.385. The predicted molar refractivity (Wildman–Crippen MR) is 59.6 cm³/mol. The molecule has 0 fully saturated rings. The number of nitriles is 1. The van der Waals surface area contributed by atoms with Crippen LogP contribution in [0.1, 0.15) is 43.1 Å². The van der Waals surface area contributed by atoms with Crippen molar-refractivity contribution in [3.8, 4) is 6.07 Å². The number of carbonyl (C=O) groups excluding carboxylic acids is 1. The molecule has 0 unspecified atom stereocenters. The van der Waals surface area contributed by atoms with Crippen LogP contribution in [0.5, 0.6) is 0 Å². The molecule has 0 aromatic heterocycles. The summed E-state index contributed by atoms with van der Waals surface area (Å²) < 4.78 is 0. The van der Waals surface area contributed by atoms with E-state index in [1.807, 2.05) is 26.8 Å². The smallest absolute Gasteiger partial charge is 0.168 e. The highest BCUT2D eigenvalue weighted by atomic mass is 16.1. The van der Waals surface area contributed by atoms with Crippen LogP contribution in [0.3, 0.4) is 0 Å². The van der Waals surface area contributed by atoms with E-state index in [0.29, 0.717) is 11.1 Å². The minimum Gasteiger partial charge on any atom is -0.294 e. The van der Waals surface area contributed by atoms with Crippen LogP contribution >= 0.6 is 0 Å². The maximum atomic E-state index is 12.0. The van der Waals surface area contributed by atoms with E-state index in [0.717, 1.165) is 6.42 Å². The summed E-state index contributed by atoms with van der Waals surface area (Å²) >= 11 is 0. The van der Waals surface area contributed by atoms with E-state index in [1.165, 1.54) is 0 Å². The summed E-state index contributed by atoms with van der Waals surface area (Å²) in [7, 11) is 0. The third-order valence-electron chi connectivity index (χ3n) is 2.77. The molecule has 0 heterocycles. The minimum atomic E-state index is -0.325. The highest BCUT2D eigenvalue weighted by molar-refractivity contribution is 6.00. The average Bonchev–Trinajstić information content (AvgIpc) is 2.28. The second-order valence-electron chi connectivity index (χ2n) is 4.26. The number of hydrogen-bond donors (Lipinski definition) is 0. The summed E-state index contributed by atoms with van der Waals surface area (Å²) in [6, 6.07) is 8.83. The van der Waals surface area contributed by atoms with Crippen LogP contribution in [0.25, 0.3) is 0 Å². The highest BCUT2D eigenvalue weighted by Gasteiger charge is 2.26. The lowest BCUT2D eigenvalue weighted by Crippen LogP contribution is -2.23. The molecule has 1 aromatic carbocycles. The molecule has 0 saturated carbocycles. The lowest BCUT2D eigenvalue weighted by Gasteiger charge is -2.20. The highest BCUT2D eigenvalue weighted by Crippen LogP contribution is 2.25. The summed E-state index contributed by atoms with van der Waals surface area (Å²) in [5.41, 5.74) is 0.940. The zero-order chi connectivity index (χ0) is 11.5. The molecule has 2 nitrogen and oxygen atoms in total. The average molecular weight is 201 g/mol. The first-order chi connectivity index (χ1) is 7.01. The Kier molecular flexibility index (Phi) is 3.26.